The monoisotopic (exact) mass is 202 g/mol. The predicted octanol–water partition coefficient (Wildman–Crippen LogP) is 1.18. The molecule has 1 aliphatic rings. The maximum atomic E-state index is 6.03. The highest BCUT2D eigenvalue weighted by atomic mass is 15.3. The molecule has 1 fully saturated rings. The van der Waals surface area contributed by atoms with Crippen LogP contribution in [0.25, 0.3) is 5.65 Å². The standard InChI is InChI=1S/C11H14N4/c1-11(2)9(10(11)12)7-6-8-13-4-3-5-15(8)14-7/h3-6,9-10H,12H2,1-2H3/t9-,10-/m1/s1. The minimum absolute atomic E-state index is 0.179. The van der Waals surface area contributed by atoms with Crippen LogP contribution in [-0.4, -0.2) is 20.6 Å². The Labute approximate surface area is 88.1 Å². The summed E-state index contributed by atoms with van der Waals surface area (Å²) in [5, 5.41) is 4.49. The fraction of sp³-hybridized carbons (Fsp3) is 0.455. The number of nitrogens with two attached hydrogens (primary N) is 1. The Morgan fingerprint density at radius 1 is 1.47 bits per heavy atom. The molecule has 15 heavy (non-hydrogen) atoms. The topological polar surface area (TPSA) is 56.2 Å². The predicted molar refractivity (Wildman–Crippen MR) is 57.5 cm³/mol. The van der Waals surface area contributed by atoms with Crippen LogP contribution in [0, 0.1) is 5.41 Å². The summed E-state index contributed by atoms with van der Waals surface area (Å²) in [5.74, 6) is 0.374. The zero-order valence-corrected chi connectivity index (χ0v) is 8.88. The SMILES string of the molecule is CC1(C)[C@H](N)[C@H]1c1cc2ncccn2n1. The number of aromatic nitrogens is 3. The summed E-state index contributed by atoms with van der Waals surface area (Å²) in [6.45, 7) is 4.36. The van der Waals surface area contributed by atoms with E-state index >= 15 is 0 Å². The van der Waals surface area contributed by atoms with Gasteiger partial charge in [-0.05, 0) is 11.5 Å². The van der Waals surface area contributed by atoms with E-state index in [1.807, 2.05) is 18.3 Å². The van der Waals surface area contributed by atoms with E-state index < -0.39 is 0 Å². The zero-order valence-electron chi connectivity index (χ0n) is 8.88. The number of hydrogen-bond acceptors (Lipinski definition) is 3. The van der Waals surface area contributed by atoms with Crippen LogP contribution in [0.5, 0.6) is 0 Å². The summed E-state index contributed by atoms with van der Waals surface area (Å²) < 4.78 is 1.80. The Kier molecular flexibility index (Phi) is 1.52. The van der Waals surface area contributed by atoms with Gasteiger partial charge in [0.05, 0.1) is 5.69 Å². The second-order valence-corrected chi connectivity index (χ2v) is 4.82. The summed E-state index contributed by atoms with van der Waals surface area (Å²) in [7, 11) is 0. The molecule has 2 N–H and O–H groups in total. The first kappa shape index (κ1) is 8.85. The summed E-state index contributed by atoms with van der Waals surface area (Å²) in [6.07, 6.45) is 3.69. The highest BCUT2D eigenvalue weighted by Crippen LogP contribution is 2.56. The minimum Gasteiger partial charge on any atom is -0.327 e. The van der Waals surface area contributed by atoms with Crippen molar-refractivity contribution in [1.29, 1.82) is 0 Å². The molecular weight excluding hydrogens is 188 g/mol. The lowest BCUT2D eigenvalue weighted by atomic mass is 10.1. The van der Waals surface area contributed by atoms with E-state index in [0.29, 0.717) is 5.92 Å². The van der Waals surface area contributed by atoms with Crippen LogP contribution in [0.4, 0.5) is 0 Å². The van der Waals surface area contributed by atoms with Crippen molar-refractivity contribution in [3.05, 3.63) is 30.2 Å². The Morgan fingerprint density at radius 2 is 2.20 bits per heavy atom. The Morgan fingerprint density at radius 3 is 2.80 bits per heavy atom. The fourth-order valence-electron chi connectivity index (χ4n) is 2.24. The van der Waals surface area contributed by atoms with Crippen LogP contribution < -0.4 is 5.73 Å². The van der Waals surface area contributed by atoms with Crippen molar-refractivity contribution < 1.29 is 0 Å². The van der Waals surface area contributed by atoms with Crippen LogP contribution in [0.2, 0.25) is 0 Å². The van der Waals surface area contributed by atoms with E-state index in [2.05, 4.69) is 23.9 Å². The molecule has 2 atom stereocenters. The van der Waals surface area contributed by atoms with Crippen LogP contribution >= 0.6 is 0 Å². The molecule has 0 aliphatic heterocycles. The van der Waals surface area contributed by atoms with Gasteiger partial charge in [0.15, 0.2) is 5.65 Å². The van der Waals surface area contributed by atoms with Crippen molar-refractivity contribution in [2.24, 2.45) is 11.1 Å². The van der Waals surface area contributed by atoms with Crippen molar-refractivity contribution in [2.45, 2.75) is 25.8 Å². The summed E-state index contributed by atoms with van der Waals surface area (Å²) in [4.78, 5) is 4.24. The highest BCUT2D eigenvalue weighted by molar-refractivity contribution is 5.43. The summed E-state index contributed by atoms with van der Waals surface area (Å²) >= 11 is 0. The van der Waals surface area contributed by atoms with Gasteiger partial charge in [-0.15, -0.1) is 0 Å². The molecule has 0 radical (unpaired) electrons. The van der Waals surface area contributed by atoms with E-state index in [-0.39, 0.29) is 11.5 Å². The maximum absolute atomic E-state index is 6.03. The quantitative estimate of drug-likeness (QED) is 0.755. The van der Waals surface area contributed by atoms with Crippen molar-refractivity contribution in [1.82, 2.24) is 14.6 Å². The molecule has 0 saturated heterocycles. The lowest BCUT2D eigenvalue weighted by Crippen LogP contribution is -2.06. The van der Waals surface area contributed by atoms with Gasteiger partial charge in [0.1, 0.15) is 0 Å². The van der Waals surface area contributed by atoms with Crippen LogP contribution in [0.1, 0.15) is 25.5 Å². The molecule has 3 rings (SSSR count). The van der Waals surface area contributed by atoms with Gasteiger partial charge < -0.3 is 5.73 Å². The molecule has 2 aromatic heterocycles. The summed E-state index contributed by atoms with van der Waals surface area (Å²) in [5.41, 5.74) is 8.16. The van der Waals surface area contributed by atoms with E-state index in [9.17, 15) is 0 Å². The average Bonchev–Trinajstić information content (AvgIpc) is 2.61. The van der Waals surface area contributed by atoms with Gasteiger partial charge in [-0.1, -0.05) is 13.8 Å². The lowest BCUT2D eigenvalue weighted by Gasteiger charge is -1.96. The van der Waals surface area contributed by atoms with Gasteiger partial charge in [-0.2, -0.15) is 5.10 Å². The normalized spacial score (nSPS) is 28.2. The molecule has 0 unspecified atom stereocenters. The third kappa shape index (κ3) is 1.11. The number of fused-ring (bicyclic) bond motifs is 1. The number of hydrogen-bond donors (Lipinski definition) is 1. The molecule has 4 nitrogen and oxygen atoms in total. The third-order valence-corrected chi connectivity index (χ3v) is 3.48. The minimum atomic E-state index is 0.179. The average molecular weight is 202 g/mol. The smallest absolute Gasteiger partial charge is 0.155 e. The Bertz CT molecular complexity index is 481. The second-order valence-electron chi connectivity index (χ2n) is 4.82. The number of rotatable bonds is 1. The van der Waals surface area contributed by atoms with Crippen LogP contribution in [-0.2, 0) is 0 Å². The van der Waals surface area contributed by atoms with E-state index in [1.165, 1.54) is 0 Å². The first-order valence-electron chi connectivity index (χ1n) is 5.16. The fourth-order valence-corrected chi connectivity index (χ4v) is 2.24. The van der Waals surface area contributed by atoms with Gasteiger partial charge in [0.2, 0.25) is 0 Å². The molecule has 0 amide bonds. The van der Waals surface area contributed by atoms with Gasteiger partial charge >= 0.3 is 0 Å². The van der Waals surface area contributed by atoms with Gasteiger partial charge in [-0.25, -0.2) is 9.50 Å². The van der Waals surface area contributed by atoms with Gasteiger partial charge in [0.25, 0.3) is 0 Å². The van der Waals surface area contributed by atoms with E-state index in [1.54, 1.807) is 10.7 Å². The molecule has 0 spiro atoms. The second kappa shape index (κ2) is 2.58. The molecule has 2 aromatic rings. The molecule has 78 valence electrons. The highest BCUT2D eigenvalue weighted by Gasteiger charge is 2.57. The lowest BCUT2D eigenvalue weighted by molar-refractivity contribution is 0.594. The van der Waals surface area contributed by atoms with Crippen molar-refractivity contribution >= 4 is 5.65 Å². The molecule has 1 saturated carbocycles. The zero-order chi connectivity index (χ0) is 10.6. The molecule has 0 bridgehead atoms. The summed E-state index contributed by atoms with van der Waals surface area (Å²) in [6, 6.07) is 4.13. The van der Waals surface area contributed by atoms with Crippen molar-refractivity contribution in [3.8, 4) is 0 Å². The molecule has 0 aromatic carbocycles. The molecule has 1 aliphatic carbocycles. The van der Waals surface area contributed by atoms with Crippen molar-refractivity contribution in [2.75, 3.05) is 0 Å². The first-order valence-corrected chi connectivity index (χ1v) is 5.16. The van der Waals surface area contributed by atoms with Crippen LogP contribution in [0.3, 0.4) is 0 Å². The molecule has 4 heteroatoms. The van der Waals surface area contributed by atoms with Crippen LogP contribution in [0.15, 0.2) is 24.5 Å². The largest absolute Gasteiger partial charge is 0.327 e. The van der Waals surface area contributed by atoms with Gasteiger partial charge in [-0.3, -0.25) is 0 Å². The van der Waals surface area contributed by atoms with E-state index in [0.717, 1.165) is 11.3 Å². The van der Waals surface area contributed by atoms with Gasteiger partial charge in [0, 0.05) is 30.4 Å². The maximum Gasteiger partial charge on any atom is 0.155 e. The molecular formula is C11H14N4. The first-order chi connectivity index (χ1) is 7.10. The Balaban J connectivity index is 2.07. The Hall–Kier alpha value is -1.42. The van der Waals surface area contributed by atoms with Crippen molar-refractivity contribution in [3.63, 3.8) is 0 Å². The van der Waals surface area contributed by atoms with E-state index in [4.69, 9.17) is 5.73 Å². The third-order valence-electron chi connectivity index (χ3n) is 3.48. The molecule has 2 heterocycles. The number of nitrogens with zero attached hydrogens (tertiary/aromatic N) is 3.